The second kappa shape index (κ2) is 8.41. The minimum atomic E-state index is -1.02. The summed E-state index contributed by atoms with van der Waals surface area (Å²) in [7, 11) is -1.02. The molecule has 0 bridgehead atoms. The van der Waals surface area contributed by atoms with Gasteiger partial charge in [-0.05, 0) is 49.7 Å². The summed E-state index contributed by atoms with van der Waals surface area (Å²) in [6.07, 6.45) is 1.75. The Hall–Kier alpha value is -2.27. The van der Waals surface area contributed by atoms with Crippen LogP contribution in [0.5, 0.6) is 0 Å². The predicted octanol–water partition coefficient (Wildman–Crippen LogP) is 3.19. The van der Waals surface area contributed by atoms with Crippen molar-refractivity contribution >= 4 is 30.5 Å². The molecule has 2 N–H and O–H groups in total. The van der Waals surface area contributed by atoms with E-state index in [4.69, 9.17) is 14.8 Å². The third-order valence-electron chi connectivity index (χ3n) is 3.90. The van der Waals surface area contributed by atoms with Crippen LogP contribution in [-0.4, -0.2) is 28.9 Å². The van der Waals surface area contributed by atoms with E-state index in [9.17, 15) is 4.79 Å². The number of nitrogens with two attached hydrogens (primary N) is 1. The van der Waals surface area contributed by atoms with Crippen molar-refractivity contribution in [1.29, 1.82) is 0 Å². The molecule has 0 aliphatic carbocycles. The molecule has 7 heteroatoms. The summed E-state index contributed by atoms with van der Waals surface area (Å²) < 4.78 is 13.3. The second-order valence-electron chi connectivity index (χ2n) is 5.70. The molecule has 0 aliphatic heterocycles. The maximum atomic E-state index is 11.3. The molecule has 0 unspecified atom stereocenters. The fraction of sp³-hybridized carbons (Fsp3) is 0.263. The Morgan fingerprint density at radius 3 is 2.42 bits per heavy atom. The zero-order valence-electron chi connectivity index (χ0n) is 14.9. The SMILES string of the molecule is CCOP(OCC)c1ccc(Cn2ncc3cc(C(N)=O)ccc32)cc1. The minimum absolute atomic E-state index is 0.435. The lowest BCUT2D eigenvalue weighted by molar-refractivity contribution is 0.100. The average Bonchev–Trinajstić information content (AvgIpc) is 3.04. The number of rotatable bonds is 8. The van der Waals surface area contributed by atoms with E-state index >= 15 is 0 Å². The van der Waals surface area contributed by atoms with Gasteiger partial charge in [0, 0.05) is 16.3 Å². The Morgan fingerprint density at radius 2 is 1.81 bits per heavy atom. The van der Waals surface area contributed by atoms with Gasteiger partial charge < -0.3 is 14.8 Å². The number of amides is 1. The van der Waals surface area contributed by atoms with Crippen LogP contribution in [0.15, 0.2) is 48.7 Å². The number of carbonyl (C=O) groups is 1. The first-order valence-electron chi connectivity index (χ1n) is 8.52. The van der Waals surface area contributed by atoms with Crippen LogP contribution in [0.3, 0.4) is 0 Å². The molecule has 0 spiro atoms. The number of aromatic nitrogens is 2. The van der Waals surface area contributed by atoms with Gasteiger partial charge in [-0.3, -0.25) is 9.48 Å². The molecule has 3 aromatic rings. The quantitative estimate of drug-likeness (QED) is 0.617. The Balaban J connectivity index is 1.78. The van der Waals surface area contributed by atoms with Crippen LogP contribution in [0.25, 0.3) is 10.9 Å². The van der Waals surface area contributed by atoms with Gasteiger partial charge in [0.15, 0.2) is 0 Å². The highest BCUT2D eigenvalue weighted by Crippen LogP contribution is 2.36. The minimum Gasteiger partial charge on any atom is -0.366 e. The fourth-order valence-corrected chi connectivity index (χ4v) is 3.92. The zero-order valence-corrected chi connectivity index (χ0v) is 15.8. The van der Waals surface area contributed by atoms with E-state index in [1.165, 1.54) is 0 Å². The van der Waals surface area contributed by atoms with Crippen LogP contribution in [0.1, 0.15) is 29.8 Å². The van der Waals surface area contributed by atoms with Crippen LogP contribution in [0, 0.1) is 0 Å². The van der Waals surface area contributed by atoms with E-state index in [1.807, 2.05) is 36.7 Å². The topological polar surface area (TPSA) is 79.4 Å². The highest BCUT2D eigenvalue weighted by molar-refractivity contribution is 7.56. The fourth-order valence-electron chi connectivity index (χ4n) is 2.68. The van der Waals surface area contributed by atoms with E-state index in [0.717, 1.165) is 21.8 Å². The Kier molecular flexibility index (Phi) is 5.99. The van der Waals surface area contributed by atoms with Gasteiger partial charge >= 0.3 is 0 Å². The molecule has 0 saturated carbocycles. The van der Waals surface area contributed by atoms with Crippen molar-refractivity contribution in [2.75, 3.05) is 13.2 Å². The lowest BCUT2D eigenvalue weighted by Crippen LogP contribution is -2.10. The number of fused-ring (bicyclic) bond motifs is 1. The van der Waals surface area contributed by atoms with Gasteiger partial charge in [-0.2, -0.15) is 5.10 Å². The van der Waals surface area contributed by atoms with Crippen molar-refractivity contribution in [3.63, 3.8) is 0 Å². The Morgan fingerprint density at radius 1 is 1.12 bits per heavy atom. The summed E-state index contributed by atoms with van der Waals surface area (Å²) in [4.78, 5) is 11.3. The molecule has 3 rings (SSSR count). The molecule has 1 amide bonds. The van der Waals surface area contributed by atoms with Crippen LogP contribution >= 0.6 is 8.38 Å². The van der Waals surface area contributed by atoms with Gasteiger partial charge in [0.1, 0.15) is 0 Å². The zero-order chi connectivity index (χ0) is 18.5. The number of hydrogen-bond donors (Lipinski definition) is 1. The summed E-state index contributed by atoms with van der Waals surface area (Å²) in [5.74, 6) is -0.435. The Labute approximate surface area is 153 Å². The average molecular weight is 371 g/mol. The summed E-state index contributed by atoms with van der Waals surface area (Å²) >= 11 is 0. The number of carbonyl (C=O) groups excluding carboxylic acids is 1. The molecule has 2 aromatic carbocycles. The molecule has 0 fully saturated rings. The first-order valence-corrected chi connectivity index (χ1v) is 9.70. The molecular formula is C19H22N3O3P. The molecule has 0 atom stereocenters. The highest BCUT2D eigenvalue weighted by atomic mass is 31.2. The largest absolute Gasteiger partial charge is 0.366 e. The third-order valence-corrected chi connectivity index (χ3v) is 5.60. The molecular weight excluding hydrogens is 349 g/mol. The van der Waals surface area contributed by atoms with Crippen LogP contribution < -0.4 is 11.0 Å². The van der Waals surface area contributed by atoms with Crippen LogP contribution in [0.4, 0.5) is 0 Å². The number of benzene rings is 2. The standard InChI is InChI=1S/C19H22N3O3P/c1-3-24-26(25-4-2)17-8-5-14(6-9-17)13-22-18-10-7-15(19(20)23)11-16(18)12-21-22/h5-12H,3-4,13H2,1-2H3,(H2,20,23). The summed E-state index contributed by atoms with van der Waals surface area (Å²) in [5.41, 5.74) is 7.91. The van der Waals surface area contributed by atoms with E-state index in [0.29, 0.717) is 25.3 Å². The lowest BCUT2D eigenvalue weighted by atomic mass is 10.1. The summed E-state index contributed by atoms with van der Waals surface area (Å²) in [5, 5.41) is 6.38. The first kappa shape index (κ1) is 18.5. The molecule has 1 aromatic heterocycles. The maximum absolute atomic E-state index is 11.3. The summed E-state index contributed by atoms with van der Waals surface area (Å²) in [6, 6.07) is 13.6. The predicted molar refractivity (Wildman–Crippen MR) is 104 cm³/mol. The van der Waals surface area contributed by atoms with Gasteiger partial charge in [-0.1, -0.05) is 12.1 Å². The molecule has 0 radical (unpaired) electrons. The van der Waals surface area contributed by atoms with E-state index in [2.05, 4.69) is 17.2 Å². The number of primary amides is 1. The normalized spacial score (nSPS) is 11.3. The van der Waals surface area contributed by atoms with E-state index < -0.39 is 14.3 Å². The van der Waals surface area contributed by atoms with Crippen molar-refractivity contribution in [2.45, 2.75) is 20.4 Å². The van der Waals surface area contributed by atoms with Crippen LogP contribution in [-0.2, 0) is 15.6 Å². The number of nitrogens with zero attached hydrogens (tertiary/aromatic N) is 2. The molecule has 0 aliphatic rings. The van der Waals surface area contributed by atoms with Crippen molar-refractivity contribution in [3.8, 4) is 0 Å². The molecule has 1 heterocycles. The maximum Gasteiger partial charge on any atom is 0.248 e. The monoisotopic (exact) mass is 371 g/mol. The van der Waals surface area contributed by atoms with Gasteiger partial charge in [0.2, 0.25) is 14.3 Å². The molecule has 6 nitrogen and oxygen atoms in total. The van der Waals surface area contributed by atoms with Crippen LogP contribution in [0.2, 0.25) is 0 Å². The third kappa shape index (κ3) is 4.10. The van der Waals surface area contributed by atoms with Crippen molar-refractivity contribution in [2.24, 2.45) is 5.73 Å². The van der Waals surface area contributed by atoms with Gasteiger partial charge in [-0.25, -0.2) is 0 Å². The van der Waals surface area contributed by atoms with Crippen molar-refractivity contribution in [1.82, 2.24) is 9.78 Å². The Bertz CT molecular complexity index is 887. The molecule has 136 valence electrons. The smallest absolute Gasteiger partial charge is 0.248 e. The van der Waals surface area contributed by atoms with Crippen molar-refractivity contribution in [3.05, 3.63) is 59.8 Å². The molecule has 26 heavy (non-hydrogen) atoms. The van der Waals surface area contributed by atoms with Crippen molar-refractivity contribution < 1.29 is 13.8 Å². The first-order chi connectivity index (χ1) is 12.6. The van der Waals surface area contributed by atoms with E-state index in [-0.39, 0.29) is 0 Å². The molecule has 0 saturated heterocycles. The van der Waals surface area contributed by atoms with Gasteiger partial charge in [0.25, 0.3) is 0 Å². The highest BCUT2D eigenvalue weighted by Gasteiger charge is 2.13. The second-order valence-corrected chi connectivity index (χ2v) is 7.25. The number of hydrogen-bond acceptors (Lipinski definition) is 4. The summed E-state index contributed by atoms with van der Waals surface area (Å²) in [6.45, 7) is 5.82. The lowest BCUT2D eigenvalue weighted by Gasteiger charge is -2.16. The van der Waals surface area contributed by atoms with E-state index in [1.54, 1.807) is 18.3 Å². The van der Waals surface area contributed by atoms with Gasteiger partial charge in [-0.15, -0.1) is 0 Å². The van der Waals surface area contributed by atoms with Gasteiger partial charge in [0.05, 0.1) is 31.5 Å².